The van der Waals surface area contributed by atoms with Crippen molar-refractivity contribution < 1.29 is 12.8 Å². The Morgan fingerprint density at radius 3 is 2.70 bits per heavy atom. The minimum absolute atomic E-state index is 0.119. The van der Waals surface area contributed by atoms with E-state index >= 15 is 0 Å². The summed E-state index contributed by atoms with van der Waals surface area (Å²) in [6.07, 6.45) is 4.91. The van der Waals surface area contributed by atoms with E-state index in [0.29, 0.717) is 11.5 Å². The van der Waals surface area contributed by atoms with Crippen LogP contribution in [0.3, 0.4) is 0 Å². The van der Waals surface area contributed by atoms with Crippen molar-refractivity contribution in [3.05, 3.63) is 64.8 Å². The second-order valence-electron chi connectivity index (χ2n) is 8.02. The van der Waals surface area contributed by atoms with Gasteiger partial charge in [-0.1, -0.05) is 44.8 Å². The zero-order chi connectivity index (χ0) is 24.3. The van der Waals surface area contributed by atoms with E-state index in [2.05, 4.69) is 18.2 Å². The molecule has 0 amide bonds. The molecular weight excluding hydrogens is 326 g/mol. The van der Waals surface area contributed by atoms with Gasteiger partial charge >= 0.3 is 0 Å². The molecule has 3 aromatic rings. The zero-order valence-corrected chi connectivity index (χ0v) is 16.7. The monoisotopic (exact) mass is 364 g/mol. The molecule has 1 saturated carbocycles. The lowest BCUT2D eigenvalue weighted by molar-refractivity contribution is -0.659. The molecule has 1 fully saturated rings. The predicted molar refractivity (Wildman–Crippen MR) is 115 cm³/mol. The summed E-state index contributed by atoms with van der Waals surface area (Å²) in [4.78, 5) is 0. The van der Waals surface area contributed by atoms with Crippen molar-refractivity contribution in [3.63, 3.8) is 0 Å². The summed E-state index contributed by atoms with van der Waals surface area (Å²) in [6.45, 7) is 2.88. The molecule has 140 valence electrons. The highest BCUT2D eigenvalue weighted by molar-refractivity contribution is 5.94. The number of aromatic nitrogens is 1. The molecule has 0 saturated heterocycles. The molecule has 2 aromatic carbocycles. The second kappa shape index (κ2) is 7.11. The molecule has 1 unspecified atom stereocenters. The van der Waals surface area contributed by atoms with Gasteiger partial charge in [-0.05, 0) is 78.3 Å². The molecule has 0 aliphatic heterocycles. The minimum Gasteiger partial charge on any atom is -0.200 e. The van der Waals surface area contributed by atoms with Crippen LogP contribution >= 0.6 is 0 Å². The molecule has 1 nitrogen and oxygen atoms in total. The number of fused-ring (bicyclic) bond motifs is 1. The first-order chi connectivity index (χ1) is 15.3. The van der Waals surface area contributed by atoms with Crippen LogP contribution in [0.15, 0.2) is 42.5 Å². The lowest BCUT2D eigenvalue weighted by Gasteiger charge is -2.15. The van der Waals surface area contributed by atoms with E-state index in [1.54, 1.807) is 23.7 Å². The average molecular weight is 365 g/mol. The number of hydrogen-bond donors (Lipinski definition) is 0. The van der Waals surface area contributed by atoms with Gasteiger partial charge in [-0.3, -0.25) is 0 Å². The fraction of sp³-hybridized carbons (Fsp3) is 0.423. The first-order valence-corrected chi connectivity index (χ1v) is 9.89. The maximum Gasteiger partial charge on any atom is 0.220 e. The first kappa shape index (κ1) is 12.3. The van der Waals surface area contributed by atoms with E-state index in [-0.39, 0.29) is 12.2 Å². The summed E-state index contributed by atoms with van der Waals surface area (Å²) >= 11 is 0. The normalized spacial score (nSPS) is 21.0. The molecule has 4 rings (SSSR count). The Balaban J connectivity index is 2.02. The maximum absolute atomic E-state index is 8.66. The van der Waals surface area contributed by atoms with E-state index in [0.717, 1.165) is 46.0 Å². The van der Waals surface area contributed by atoms with Gasteiger partial charge in [0.05, 0.1) is 12.3 Å². The third-order valence-corrected chi connectivity index (χ3v) is 6.17. The first-order valence-electron chi connectivity index (χ1n) is 12.9. The van der Waals surface area contributed by atoms with Crippen LogP contribution in [0, 0.1) is 13.8 Å². The van der Waals surface area contributed by atoms with Crippen molar-refractivity contribution in [1.29, 1.82) is 0 Å². The highest BCUT2D eigenvalue weighted by Gasteiger charge is 2.22. The fourth-order valence-corrected chi connectivity index (χ4v) is 4.41. The van der Waals surface area contributed by atoms with Crippen LogP contribution in [-0.2, 0) is 7.05 Å². The van der Waals surface area contributed by atoms with Crippen LogP contribution in [0.5, 0.6) is 0 Å². The quantitative estimate of drug-likeness (QED) is 0.454. The fourth-order valence-electron chi connectivity index (χ4n) is 4.41. The number of pyridine rings is 1. The van der Waals surface area contributed by atoms with Crippen LogP contribution in [0.2, 0.25) is 0 Å². The molecule has 1 heteroatoms. The standard InChI is InChI=1S/C26H32N/c1-17(2)23-14-18(3)19(4)25(16-23)26-24-11-10-21(20-8-6-7-9-20)15-22(24)12-13-27(26)5/h10-17,20H,6-9H2,1-5H3/q+1/i1D3,12D,13D,17D. The Morgan fingerprint density at radius 2 is 1.96 bits per heavy atom. The van der Waals surface area contributed by atoms with Crippen LogP contribution in [0.1, 0.15) is 81.7 Å². The van der Waals surface area contributed by atoms with Crippen LogP contribution in [0.25, 0.3) is 22.0 Å². The molecule has 0 N–H and O–H groups in total. The molecule has 1 aliphatic rings. The predicted octanol–water partition coefficient (Wildman–Crippen LogP) is 6.73. The van der Waals surface area contributed by atoms with Crippen molar-refractivity contribution in [2.45, 2.75) is 65.1 Å². The number of rotatable bonds is 3. The molecule has 1 heterocycles. The Labute approximate surface area is 172 Å². The van der Waals surface area contributed by atoms with Gasteiger partial charge in [-0.25, -0.2) is 4.57 Å². The van der Waals surface area contributed by atoms with Gasteiger partial charge in [-0.2, -0.15) is 0 Å². The van der Waals surface area contributed by atoms with Crippen LogP contribution < -0.4 is 4.57 Å². The van der Waals surface area contributed by atoms with Gasteiger partial charge in [-0.15, -0.1) is 0 Å². The largest absolute Gasteiger partial charge is 0.220 e. The molecule has 0 spiro atoms. The van der Waals surface area contributed by atoms with Gasteiger partial charge in [0.1, 0.15) is 8.42 Å². The highest BCUT2D eigenvalue weighted by atomic mass is 14.9. The number of nitrogens with zero attached hydrogens (tertiary/aromatic N) is 1. The SMILES string of the molecule is [2H]c1c([2H])[n+](C)c(-c2cc(C([2H])(C)C([2H])([2H])[2H])cc(C)c2C)c2ccc(C3CCCC3)cc12. The summed E-state index contributed by atoms with van der Waals surface area (Å²) in [5.41, 5.74) is 5.14. The van der Waals surface area contributed by atoms with Crippen molar-refractivity contribution in [2.75, 3.05) is 0 Å². The van der Waals surface area contributed by atoms with Crippen LogP contribution in [0.4, 0.5) is 0 Å². The lowest BCUT2D eigenvalue weighted by Crippen LogP contribution is -2.31. The van der Waals surface area contributed by atoms with E-state index in [9.17, 15) is 0 Å². The molecular formula is C26H32N+. The van der Waals surface area contributed by atoms with Crippen molar-refractivity contribution in [3.8, 4) is 11.3 Å². The van der Waals surface area contributed by atoms with E-state index < -0.39 is 12.7 Å². The third-order valence-electron chi connectivity index (χ3n) is 6.17. The Hall–Kier alpha value is -2.15. The third kappa shape index (κ3) is 3.29. The molecule has 1 atom stereocenters. The molecule has 1 aromatic heterocycles. The number of benzene rings is 2. The smallest absolute Gasteiger partial charge is 0.200 e. The van der Waals surface area contributed by atoms with Crippen LogP contribution in [-0.4, -0.2) is 0 Å². The van der Waals surface area contributed by atoms with Gasteiger partial charge in [0.15, 0.2) is 6.17 Å². The van der Waals surface area contributed by atoms with Crippen molar-refractivity contribution in [2.24, 2.45) is 7.05 Å². The van der Waals surface area contributed by atoms with Gasteiger partial charge in [0, 0.05) is 11.5 Å². The number of aryl methyl sites for hydroxylation is 1. The van der Waals surface area contributed by atoms with Gasteiger partial charge < -0.3 is 0 Å². The second-order valence-corrected chi connectivity index (χ2v) is 8.02. The van der Waals surface area contributed by atoms with Gasteiger partial charge in [0.25, 0.3) is 0 Å². The summed E-state index contributed by atoms with van der Waals surface area (Å²) in [5.74, 6) is -1.25. The topological polar surface area (TPSA) is 3.88 Å². The Kier molecular flexibility index (Phi) is 3.25. The summed E-state index contributed by atoms with van der Waals surface area (Å²) in [6, 6.07) is 10.1. The van der Waals surface area contributed by atoms with E-state index in [1.807, 2.05) is 13.8 Å². The minimum atomic E-state index is -2.47. The average Bonchev–Trinajstić information content (AvgIpc) is 3.29. The lowest BCUT2D eigenvalue weighted by atomic mass is 9.89. The zero-order valence-electron chi connectivity index (χ0n) is 22.7. The van der Waals surface area contributed by atoms with Crippen molar-refractivity contribution >= 4 is 10.8 Å². The molecule has 0 bridgehead atoms. The summed E-state index contributed by atoms with van der Waals surface area (Å²) in [7, 11) is 1.78. The summed E-state index contributed by atoms with van der Waals surface area (Å²) in [5, 5.41) is 1.63. The van der Waals surface area contributed by atoms with Crippen molar-refractivity contribution in [1.82, 2.24) is 0 Å². The Bertz CT molecular complexity index is 1240. The van der Waals surface area contributed by atoms with E-state index in [1.165, 1.54) is 25.3 Å². The van der Waals surface area contributed by atoms with E-state index in [4.69, 9.17) is 8.22 Å². The maximum atomic E-state index is 8.66. The molecule has 27 heavy (non-hydrogen) atoms. The molecule has 1 aliphatic carbocycles. The molecule has 0 radical (unpaired) electrons. The summed E-state index contributed by atoms with van der Waals surface area (Å²) < 4.78 is 51.3. The van der Waals surface area contributed by atoms with Gasteiger partial charge in [0.2, 0.25) is 5.69 Å². The number of hydrogen-bond acceptors (Lipinski definition) is 0. The highest BCUT2D eigenvalue weighted by Crippen LogP contribution is 2.37. The Morgan fingerprint density at radius 1 is 1.19 bits per heavy atom.